The summed E-state index contributed by atoms with van der Waals surface area (Å²) >= 11 is 0. The molecular weight excluding hydrogens is 308 g/mol. The van der Waals surface area contributed by atoms with Gasteiger partial charge in [-0.2, -0.15) is 0 Å². The smallest absolute Gasteiger partial charge is 0.122 e. The Bertz CT molecular complexity index is 767. The zero-order valence-electron chi connectivity index (χ0n) is 14.9. The molecule has 4 rings (SSSR count). The molecule has 25 heavy (non-hydrogen) atoms. The fraction of sp³-hybridized carbons (Fsp3) is 0.364. The van der Waals surface area contributed by atoms with Crippen molar-refractivity contribution < 1.29 is 4.74 Å². The highest BCUT2D eigenvalue weighted by molar-refractivity contribution is 5.64. The van der Waals surface area contributed by atoms with Gasteiger partial charge in [-0.3, -0.25) is 0 Å². The molecule has 3 nitrogen and oxygen atoms in total. The number of hydrogen-bond acceptors (Lipinski definition) is 3. The molecule has 0 aromatic heterocycles. The summed E-state index contributed by atoms with van der Waals surface area (Å²) in [6, 6.07) is 14.9. The molecule has 0 amide bonds. The van der Waals surface area contributed by atoms with Gasteiger partial charge in [-0.1, -0.05) is 37.3 Å². The van der Waals surface area contributed by atoms with E-state index in [1.165, 1.54) is 40.8 Å². The second-order valence-electron chi connectivity index (χ2n) is 6.87. The van der Waals surface area contributed by atoms with Crippen LogP contribution in [0.2, 0.25) is 0 Å². The number of nitrogens with zero attached hydrogens (tertiary/aromatic N) is 1. The van der Waals surface area contributed by atoms with Gasteiger partial charge in [-0.25, -0.2) is 5.43 Å². The molecule has 0 saturated carbocycles. The molecule has 130 valence electrons. The highest BCUT2D eigenvalue weighted by atomic mass is 16.5. The normalized spacial score (nSPS) is 18.0. The lowest BCUT2D eigenvalue weighted by atomic mass is 10.00. The van der Waals surface area contributed by atoms with Gasteiger partial charge in [0, 0.05) is 6.54 Å². The van der Waals surface area contributed by atoms with Crippen LogP contribution < -0.4 is 15.2 Å². The zero-order chi connectivity index (χ0) is 17.1. The SMILES string of the molecule is CCCOc1ccc(C=C2CNN(c3ccccc3)C2)c2c1CCC2. The second-order valence-corrected chi connectivity index (χ2v) is 6.87. The van der Waals surface area contributed by atoms with Crippen molar-refractivity contribution in [2.24, 2.45) is 0 Å². The van der Waals surface area contributed by atoms with E-state index in [2.05, 4.69) is 65.9 Å². The fourth-order valence-corrected chi connectivity index (χ4v) is 3.80. The number of benzene rings is 2. The van der Waals surface area contributed by atoms with Crippen LogP contribution in [0, 0.1) is 0 Å². The van der Waals surface area contributed by atoms with Crippen LogP contribution in [0.5, 0.6) is 5.75 Å². The predicted octanol–water partition coefficient (Wildman–Crippen LogP) is 4.37. The van der Waals surface area contributed by atoms with Crippen molar-refractivity contribution in [3.8, 4) is 5.75 Å². The monoisotopic (exact) mass is 334 g/mol. The van der Waals surface area contributed by atoms with E-state index in [1.807, 2.05) is 0 Å². The molecule has 0 radical (unpaired) electrons. The molecule has 3 heteroatoms. The number of nitrogens with one attached hydrogen (secondary N) is 1. The summed E-state index contributed by atoms with van der Waals surface area (Å²) in [5.74, 6) is 1.10. The Labute approximate surface area is 150 Å². The summed E-state index contributed by atoms with van der Waals surface area (Å²) in [5, 5.41) is 2.23. The predicted molar refractivity (Wildman–Crippen MR) is 104 cm³/mol. The van der Waals surface area contributed by atoms with E-state index < -0.39 is 0 Å². The first-order valence-corrected chi connectivity index (χ1v) is 9.38. The number of fused-ring (bicyclic) bond motifs is 1. The summed E-state index contributed by atoms with van der Waals surface area (Å²) in [4.78, 5) is 0. The van der Waals surface area contributed by atoms with E-state index in [1.54, 1.807) is 0 Å². The molecule has 0 spiro atoms. The standard InChI is InChI=1S/C22H26N2O/c1-2-13-25-22-12-11-18(20-9-6-10-21(20)22)14-17-15-23-24(16-17)19-7-4-3-5-8-19/h3-5,7-8,11-12,14,23H,2,6,9-10,13,15-16H2,1H3. The number of hydrazine groups is 1. The molecule has 2 aromatic rings. The van der Waals surface area contributed by atoms with E-state index in [0.717, 1.165) is 38.3 Å². The first-order chi connectivity index (χ1) is 12.3. The summed E-state index contributed by atoms with van der Waals surface area (Å²) in [5.41, 5.74) is 10.5. The molecule has 2 aromatic carbocycles. The summed E-state index contributed by atoms with van der Waals surface area (Å²) in [6.45, 7) is 4.82. The largest absolute Gasteiger partial charge is 0.493 e. The maximum Gasteiger partial charge on any atom is 0.122 e. The third kappa shape index (κ3) is 3.42. The maximum atomic E-state index is 5.96. The summed E-state index contributed by atoms with van der Waals surface area (Å²) < 4.78 is 5.96. The number of ether oxygens (including phenoxy) is 1. The Morgan fingerprint density at radius 2 is 1.92 bits per heavy atom. The van der Waals surface area contributed by atoms with Gasteiger partial charge in [-0.15, -0.1) is 0 Å². The number of rotatable bonds is 5. The Morgan fingerprint density at radius 3 is 2.76 bits per heavy atom. The molecule has 0 bridgehead atoms. The van der Waals surface area contributed by atoms with Gasteiger partial charge in [-0.05, 0) is 66.1 Å². The minimum atomic E-state index is 0.808. The average molecular weight is 334 g/mol. The third-order valence-electron chi connectivity index (χ3n) is 5.03. The van der Waals surface area contributed by atoms with Crippen molar-refractivity contribution in [3.63, 3.8) is 0 Å². The van der Waals surface area contributed by atoms with E-state index in [4.69, 9.17) is 4.74 Å². The third-order valence-corrected chi connectivity index (χ3v) is 5.03. The summed E-state index contributed by atoms with van der Waals surface area (Å²) in [6.07, 6.45) is 7.00. The van der Waals surface area contributed by atoms with Gasteiger partial charge < -0.3 is 9.75 Å². The van der Waals surface area contributed by atoms with E-state index >= 15 is 0 Å². The van der Waals surface area contributed by atoms with Crippen molar-refractivity contribution in [2.75, 3.05) is 24.7 Å². The van der Waals surface area contributed by atoms with E-state index in [0.29, 0.717) is 0 Å². The lowest BCUT2D eigenvalue weighted by Crippen LogP contribution is -2.30. The van der Waals surface area contributed by atoms with Crippen LogP contribution in [0.4, 0.5) is 5.69 Å². The van der Waals surface area contributed by atoms with Gasteiger partial charge >= 0.3 is 0 Å². The number of para-hydroxylation sites is 1. The van der Waals surface area contributed by atoms with Crippen LogP contribution in [0.1, 0.15) is 36.5 Å². The molecular formula is C22H26N2O. The van der Waals surface area contributed by atoms with Gasteiger partial charge in [0.2, 0.25) is 0 Å². The fourth-order valence-electron chi connectivity index (χ4n) is 3.80. The van der Waals surface area contributed by atoms with Crippen molar-refractivity contribution >= 4 is 11.8 Å². The zero-order valence-corrected chi connectivity index (χ0v) is 14.9. The Balaban J connectivity index is 1.55. The molecule has 0 unspecified atom stereocenters. The first kappa shape index (κ1) is 16.2. The lowest BCUT2D eigenvalue weighted by molar-refractivity contribution is 0.314. The van der Waals surface area contributed by atoms with Crippen LogP contribution in [0.15, 0.2) is 48.0 Å². The lowest BCUT2D eigenvalue weighted by Gasteiger charge is -2.16. The highest BCUT2D eigenvalue weighted by Crippen LogP contribution is 2.34. The molecule has 2 aliphatic rings. The topological polar surface area (TPSA) is 24.5 Å². The van der Waals surface area contributed by atoms with Crippen molar-refractivity contribution in [3.05, 3.63) is 64.7 Å². The number of anilines is 1. The van der Waals surface area contributed by atoms with Crippen LogP contribution in [-0.4, -0.2) is 19.7 Å². The van der Waals surface area contributed by atoms with Crippen LogP contribution >= 0.6 is 0 Å². The maximum absolute atomic E-state index is 5.96. The first-order valence-electron chi connectivity index (χ1n) is 9.38. The quantitative estimate of drug-likeness (QED) is 0.878. The molecule has 0 atom stereocenters. The Kier molecular flexibility index (Phi) is 4.75. The highest BCUT2D eigenvalue weighted by Gasteiger charge is 2.21. The van der Waals surface area contributed by atoms with Gasteiger partial charge in [0.15, 0.2) is 0 Å². The van der Waals surface area contributed by atoms with Crippen LogP contribution in [0.25, 0.3) is 6.08 Å². The molecule has 1 heterocycles. The molecule has 1 aliphatic heterocycles. The van der Waals surface area contributed by atoms with Gasteiger partial charge in [0.1, 0.15) is 5.75 Å². The minimum Gasteiger partial charge on any atom is -0.493 e. The van der Waals surface area contributed by atoms with Crippen molar-refractivity contribution in [1.29, 1.82) is 0 Å². The Morgan fingerprint density at radius 1 is 1.08 bits per heavy atom. The van der Waals surface area contributed by atoms with Crippen molar-refractivity contribution in [1.82, 2.24) is 5.43 Å². The molecule has 1 N–H and O–H groups in total. The molecule has 1 aliphatic carbocycles. The van der Waals surface area contributed by atoms with Crippen LogP contribution in [-0.2, 0) is 12.8 Å². The van der Waals surface area contributed by atoms with Gasteiger partial charge in [0.25, 0.3) is 0 Å². The van der Waals surface area contributed by atoms with Gasteiger partial charge in [0.05, 0.1) is 18.8 Å². The second kappa shape index (κ2) is 7.32. The van der Waals surface area contributed by atoms with E-state index in [-0.39, 0.29) is 0 Å². The average Bonchev–Trinajstić information content (AvgIpc) is 3.31. The molecule has 1 saturated heterocycles. The minimum absolute atomic E-state index is 0.808. The van der Waals surface area contributed by atoms with Crippen molar-refractivity contribution in [2.45, 2.75) is 32.6 Å². The molecule has 1 fully saturated rings. The van der Waals surface area contributed by atoms with Crippen LogP contribution in [0.3, 0.4) is 0 Å². The van der Waals surface area contributed by atoms with E-state index in [9.17, 15) is 0 Å². The Hall–Kier alpha value is -2.26. The number of hydrogen-bond donors (Lipinski definition) is 1. The summed E-state index contributed by atoms with van der Waals surface area (Å²) in [7, 11) is 0.